The molecule has 1 aromatic rings. The van der Waals surface area contributed by atoms with Crippen LogP contribution in [0.25, 0.3) is 0 Å². The van der Waals surface area contributed by atoms with Crippen LogP contribution < -0.4 is 0 Å². The molecule has 0 bridgehead atoms. The summed E-state index contributed by atoms with van der Waals surface area (Å²) >= 11 is 0. The summed E-state index contributed by atoms with van der Waals surface area (Å²) < 4.78 is 0. The van der Waals surface area contributed by atoms with Crippen LogP contribution in [-0.2, 0) is 6.61 Å². The van der Waals surface area contributed by atoms with Crippen molar-refractivity contribution in [3.63, 3.8) is 0 Å². The van der Waals surface area contributed by atoms with Gasteiger partial charge in [0.25, 0.3) is 0 Å². The molecule has 0 atom stereocenters. The lowest BCUT2D eigenvalue weighted by Gasteiger charge is -2.13. The predicted octanol–water partition coefficient (Wildman–Crippen LogP) is 3.43. The smallest absolute Gasteiger partial charge is 0.0682 e. The lowest BCUT2D eigenvalue weighted by Crippen LogP contribution is -1.96. The Morgan fingerprint density at radius 1 is 0.929 bits per heavy atom. The van der Waals surface area contributed by atoms with E-state index < -0.39 is 0 Å². The summed E-state index contributed by atoms with van der Waals surface area (Å²) in [4.78, 5) is 0. The zero-order valence-corrected chi connectivity index (χ0v) is 9.54. The molecule has 0 saturated carbocycles. The highest BCUT2D eigenvalue weighted by Crippen LogP contribution is 2.23. The van der Waals surface area contributed by atoms with Gasteiger partial charge in [-0.15, -0.1) is 0 Å². The summed E-state index contributed by atoms with van der Waals surface area (Å²) in [7, 11) is 0. The first-order chi connectivity index (χ1) is 6.54. The fraction of sp³-hybridized carbons (Fsp3) is 0.538. The number of benzene rings is 1. The molecule has 0 aliphatic carbocycles. The number of aliphatic hydroxyl groups excluding tert-OH is 1. The Morgan fingerprint density at radius 3 is 1.64 bits per heavy atom. The summed E-state index contributed by atoms with van der Waals surface area (Å²) in [6.07, 6.45) is 0. The lowest BCUT2D eigenvalue weighted by molar-refractivity contribution is 0.281. The summed E-state index contributed by atoms with van der Waals surface area (Å²) in [6, 6.07) is 6.43. The van der Waals surface area contributed by atoms with Crippen molar-refractivity contribution < 1.29 is 5.11 Å². The molecule has 1 nitrogen and oxygen atoms in total. The van der Waals surface area contributed by atoms with Gasteiger partial charge in [-0.25, -0.2) is 0 Å². The van der Waals surface area contributed by atoms with Gasteiger partial charge in [0.05, 0.1) is 6.61 Å². The van der Waals surface area contributed by atoms with Crippen molar-refractivity contribution in [3.05, 3.63) is 34.9 Å². The van der Waals surface area contributed by atoms with Gasteiger partial charge in [0.1, 0.15) is 0 Å². The van der Waals surface area contributed by atoms with Gasteiger partial charge >= 0.3 is 0 Å². The SMILES string of the molecule is CC(C)c1cc(CO)cc(C(C)C)c1. The van der Waals surface area contributed by atoms with E-state index >= 15 is 0 Å². The summed E-state index contributed by atoms with van der Waals surface area (Å²) in [6.45, 7) is 8.86. The Bertz CT molecular complexity index is 274. The van der Waals surface area contributed by atoms with Crippen molar-refractivity contribution in [2.45, 2.75) is 46.1 Å². The van der Waals surface area contributed by atoms with Crippen molar-refractivity contribution in [2.75, 3.05) is 0 Å². The van der Waals surface area contributed by atoms with Gasteiger partial charge in [-0.2, -0.15) is 0 Å². The molecule has 0 spiro atoms. The molecule has 1 N–H and O–H groups in total. The lowest BCUT2D eigenvalue weighted by atomic mass is 9.93. The van der Waals surface area contributed by atoms with Gasteiger partial charge in [-0.3, -0.25) is 0 Å². The molecule has 0 aromatic heterocycles. The topological polar surface area (TPSA) is 20.2 Å². The van der Waals surface area contributed by atoms with E-state index in [-0.39, 0.29) is 6.61 Å². The van der Waals surface area contributed by atoms with Crippen molar-refractivity contribution in [1.82, 2.24) is 0 Å². The summed E-state index contributed by atoms with van der Waals surface area (Å²) in [5.74, 6) is 1.05. The molecule has 14 heavy (non-hydrogen) atoms. The maximum absolute atomic E-state index is 9.15. The maximum Gasteiger partial charge on any atom is 0.0682 e. The summed E-state index contributed by atoms with van der Waals surface area (Å²) in [5.41, 5.74) is 3.67. The van der Waals surface area contributed by atoms with E-state index in [1.54, 1.807) is 0 Å². The van der Waals surface area contributed by atoms with Crippen LogP contribution in [0.4, 0.5) is 0 Å². The Morgan fingerprint density at radius 2 is 1.36 bits per heavy atom. The second kappa shape index (κ2) is 4.61. The van der Waals surface area contributed by atoms with Gasteiger partial charge in [0, 0.05) is 0 Å². The average molecular weight is 192 g/mol. The molecule has 1 heteroatoms. The standard InChI is InChI=1S/C13H20O/c1-9(2)12-5-11(8-14)6-13(7-12)10(3)4/h5-7,9-10,14H,8H2,1-4H3. The fourth-order valence-electron chi connectivity index (χ4n) is 1.50. The molecule has 0 saturated heterocycles. The molecular formula is C13H20O. The van der Waals surface area contributed by atoms with Crippen molar-refractivity contribution in [1.29, 1.82) is 0 Å². The molecular weight excluding hydrogens is 172 g/mol. The van der Waals surface area contributed by atoms with Gasteiger partial charge < -0.3 is 5.11 Å². The first-order valence-corrected chi connectivity index (χ1v) is 5.29. The van der Waals surface area contributed by atoms with E-state index in [1.807, 2.05) is 0 Å². The largest absolute Gasteiger partial charge is 0.392 e. The highest BCUT2D eigenvalue weighted by molar-refractivity contribution is 5.33. The van der Waals surface area contributed by atoms with E-state index in [0.717, 1.165) is 5.56 Å². The second-order valence-corrected chi connectivity index (χ2v) is 4.48. The Kier molecular flexibility index (Phi) is 3.70. The van der Waals surface area contributed by atoms with Gasteiger partial charge in [0.15, 0.2) is 0 Å². The minimum atomic E-state index is 0.139. The van der Waals surface area contributed by atoms with E-state index in [9.17, 15) is 0 Å². The number of aliphatic hydroxyl groups is 1. The van der Waals surface area contributed by atoms with E-state index in [0.29, 0.717) is 11.8 Å². The third-order valence-corrected chi connectivity index (χ3v) is 2.55. The minimum absolute atomic E-state index is 0.139. The van der Waals surface area contributed by atoms with Crippen LogP contribution in [0.2, 0.25) is 0 Å². The molecule has 0 amide bonds. The summed E-state index contributed by atoms with van der Waals surface area (Å²) in [5, 5.41) is 9.15. The molecule has 0 heterocycles. The van der Waals surface area contributed by atoms with Gasteiger partial charge in [0.2, 0.25) is 0 Å². The molecule has 0 unspecified atom stereocenters. The van der Waals surface area contributed by atoms with Crippen LogP contribution in [0.15, 0.2) is 18.2 Å². The molecule has 0 aliphatic heterocycles. The van der Waals surface area contributed by atoms with Crippen LogP contribution in [0, 0.1) is 0 Å². The van der Waals surface area contributed by atoms with Crippen LogP contribution in [0.5, 0.6) is 0 Å². The molecule has 1 rings (SSSR count). The Labute approximate surface area is 86.8 Å². The Balaban J connectivity index is 3.13. The molecule has 1 aromatic carbocycles. The third kappa shape index (κ3) is 2.58. The number of hydrogen-bond acceptors (Lipinski definition) is 1. The van der Waals surface area contributed by atoms with Crippen LogP contribution in [0.1, 0.15) is 56.2 Å². The normalized spacial score (nSPS) is 11.4. The van der Waals surface area contributed by atoms with E-state index in [1.165, 1.54) is 11.1 Å². The fourth-order valence-corrected chi connectivity index (χ4v) is 1.50. The van der Waals surface area contributed by atoms with Crippen molar-refractivity contribution >= 4 is 0 Å². The van der Waals surface area contributed by atoms with E-state index in [4.69, 9.17) is 5.11 Å². The number of hydrogen-bond donors (Lipinski definition) is 1. The van der Waals surface area contributed by atoms with Crippen LogP contribution in [0.3, 0.4) is 0 Å². The average Bonchev–Trinajstić information content (AvgIpc) is 2.16. The van der Waals surface area contributed by atoms with Crippen molar-refractivity contribution in [2.24, 2.45) is 0 Å². The van der Waals surface area contributed by atoms with Gasteiger partial charge in [-0.05, 0) is 28.5 Å². The number of rotatable bonds is 3. The van der Waals surface area contributed by atoms with Gasteiger partial charge in [-0.1, -0.05) is 45.9 Å². The van der Waals surface area contributed by atoms with Crippen LogP contribution in [-0.4, -0.2) is 5.11 Å². The zero-order valence-electron chi connectivity index (χ0n) is 9.54. The first kappa shape index (κ1) is 11.3. The highest BCUT2D eigenvalue weighted by atomic mass is 16.3. The molecule has 78 valence electrons. The third-order valence-electron chi connectivity index (χ3n) is 2.55. The quantitative estimate of drug-likeness (QED) is 0.778. The highest BCUT2D eigenvalue weighted by Gasteiger charge is 2.06. The minimum Gasteiger partial charge on any atom is -0.392 e. The Hall–Kier alpha value is -0.820. The first-order valence-electron chi connectivity index (χ1n) is 5.29. The monoisotopic (exact) mass is 192 g/mol. The van der Waals surface area contributed by atoms with E-state index in [2.05, 4.69) is 45.9 Å². The predicted molar refractivity (Wildman–Crippen MR) is 60.5 cm³/mol. The second-order valence-electron chi connectivity index (χ2n) is 4.48. The van der Waals surface area contributed by atoms with Crippen molar-refractivity contribution in [3.8, 4) is 0 Å². The molecule has 0 radical (unpaired) electrons. The molecule has 0 fully saturated rings. The van der Waals surface area contributed by atoms with Crippen LogP contribution >= 0.6 is 0 Å². The maximum atomic E-state index is 9.15. The zero-order chi connectivity index (χ0) is 10.7. The molecule has 0 aliphatic rings.